The van der Waals surface area contributed by atoms with Crippen LogP contribution in [-0.4, -0.2) is 25.5 Å². The number of fused-ring (bicyclic) bond motifs is 1. The van der Waals surface area contributed by atoms with E-state index in [4.69, 9.17) is 0 Å². The van der Waals surface area contributed by atoms with Gasteiger partial charge in [-0.15, -0.1) is 12.4 Å². The van der Waals surface area contributed by atoms with Crippen molar-refractivity contribution in [2.24, 2.45) is 11.8 Å². The molecule has 0 aliphatic carbocycles. The van der Waals surface area contributed by atoms with Crippen molar-refractivity contribution in [2.45, 2.75) is 13.3 Å². The molecule has 1 amide bonds. The van der Waals surface area contributed by atoms with Crippen LogP contribution in [0.25, 0.3) is 11.1 Å². The Bertz CT molecular complexity index is 728. The summed E-state index contributed by atoms with van der Waals surface area (Å²) < 4.78 is 0. The molecule has 24 heavy (non-hydrogen) atoms. The van der Waals surface area contributed by atoms with Gasteiger partial charge in [-0.1, -0.05) is 43.3 Å². The second kappa shape index (κ2) is 6.96. The van der Waals surface area contributed by atoms with Gasteiger partial charge in [-0.25, -0.2) is 0 Å². The Balaban J connectivity index is 0.00000169. The summed E-state index contributed by atoms with van der Waals surface area (Å²) in [5.41, 5.74) is 4.86. The van der Waals surface area contributed by atoms with E-state index in [9.17, 15) is 4.79 Å². The zero-order chi connectivity index (χ0) is 15.8. The fourth-order valence-corrected chi connectivity index (χ4v) is 3.55. The van der Waals surface area contributed by atoms with Gasteiger partial charge in [0.05, 0.1) is 0 Å². The molecule has 3 nitrogen and oxygen atoms in total. The molecule has 1 N–H and O–H groups in total. The van der Waals surface area contributed by atoms with Crippen molar-refractivity contribution in [2.75, 3.05) is 24.5 Å². The van der Waals surface area contributed by atoms with Crippen LogP contribution in [0.2, 0.25) is 0 Å². The van der Waals surface area contributed by atoms with E-state index in [1.807, 2.05) is 11.0 Å². The molecule has 1 fully saturated rings. The lowest BCUT2D eigenvalue weighted by Gasteiger charge is -2.34. The first-order chi connectivity index (χ1) is 11.2. The molecular formula is C20H23ClN2O. The molecule has 4 heteroatoms. The zero-order valence-corrected chi connectivity index (χ0v) is 14.7. The molecule has 1 atom stereocenters. The van der Waals surface area contributed by atoms with E-state index in [1.165, 1.54) is 16.7 Å². The molecule has 2 aromatic rings. The number of halogens is 1. The molecule has 126 valence electrons. The molecule has 0 bridgehead atoms. The number of anilines is 1. The maximum absolute atomic E-state index is 12.8. The van der Waals surface area contributed by atoms with Crippen molar-refractivity contribution in [1.82, 2.24) is 5.32 Å². The summed E-state index contributed by atoms with van der Waals surface area (Å²) in [4.78, 5) is 14.8. The standard InChI is InChI=1S/C20H22N2O.ClH/c1-14(18-12-21-13-18)20(23)22-10-9-17-11-16(7-8-19(17)22)15-5-3-2-4-6-15;/h2-8,11,14,18,21H,9-10,12-13H2,1H3;1H. The Morgan fingerprint density at radius 1 is 1.12 bits per heavy atom. The summed E-state index contributed by atoms with van der Waals surface area (Å²) in [5, 5.41) is 3.26. The first-order valence-corrected chi connectivity index (χ1v) is 8.44. The second-order valence-electron chi connectivity index (χ2n) is 6.66. The topological polar surface area (TPSA) is 32.3 Å². The fourth-order valence-electron chi connectivity index (χ4n) is 3.55. The van der Waals surface area contributed by atoms with Crippen LogP contribution in [0.15, 0.2) is 48.5 Å². The van der Waals surface area contributed by atoms with Gasteiger partial charge in [0, 0.05) is 18.2 Å². The van der Waals surface area contributed by atoms with Gasteiger partial charge in [-0.3, -0.25) is 4.79 Å². The second-order valence-corrected chi connectivity index (χ2v) is 6.66. The lowest BCUT2D eigenvalue weighted by Crippen LogP contribution is -2.50. The molecule has 0 spiro atoms. The van der Waals surface area contributed by atoms with Crippen LogP contribution >= 0.6 is 12.4 Å². The molecule has 2 aliphatic rings. The van der Waals surface area contributed by atoms with Gasteiger partial charge in [0.15, 0.2) is 0 Å². The maximum Gasteiger partial charge on any atom is 0.230 e. The third kappa shape index (κ3) is 2.94. The molecule has 0 aromatic heterocycles. The maximum atomic E-state index is 12.8. The first kappa shape index (κ1) is 17.0. The lowest BCUT2D eigenvalue weighted by molar-refractivity contribution is -0.123. The Morgan fingerprint density at radius 3 is 2.54 bits per heavy atom. The molecule has 2 heterocycles. The Hall–Kier alpha value is -1.84. The zero-order valence-electron chi connectivity index (χ0n) is 13.9. The van der Waals surface area contributed by atoms with Crippen LogP contribution in [0.3, 0.4) is 0 Å². The van der Waals surface area contributed by atoms with Gasteiger partial charge in [-0.05, 0) is 54.3 Å². The number of rotatable bonds is 3. The van der Waals surface area contributed by atoms with Gasteiger partial charge in [0.25, 0.3) is 0 Å². The fraction of sp³-hybridized carbons (Fsp3) is 0.350. The number of carbonyl (C=O) groups excluding carboxylic acids is 1. The summed E-state index contributed by atoms with van der Waals surface area (Å²) in [5.74, 6) is 0.883. The van der Waals surface area contributed by atoms with Crippen molar-refractivity contribution in [1.29, 1.82) is 0 Å². The van der Waals surface area contributed by atoms with Crippen LogP contribution in [0.5, 0.6) is 0 Å². The molecule has 4 rings (SSSR count). The highest BCUT2D eigenvalue weighted by Crippen LogP contribution is 2.34. The average molecular weight is 343 g/mol. The van der Waals surface area contributed by atoms with Gasteiger partial charge in [-0.2, -0.15) is 0 Å². The van der Waals surface area contributed by atoms with Gasteiger partial charge in [0.1, 0.15) is 0 Å². The van der Waals surface area contributed by atoms with Crippen molar-refractivity contribution in [3.8, 4) is 11.1 Å². The quantitative estimate of drug-likeness (QED) is 0.925. The normalized spacial score (nSPS) is 17.6. The van der Waals surface area contributed by atoms with Gasteiger partial charge in [0.2, 0.25) is 5.91 Å². The molecular weight excluding hydrogens is 320 g/mol. The van der Waals surface area contributed by atoms with Crippen molar-refractivity contribution >= 4 is 24.0 Å². The summed E-state index contributed by atoms with van der Waals surface area (Å²) in [6.07, 6.45) is 0.956. The molecule has 1 unspecified atom stereocenters. The van der Waals surface area contributed by atoms with Gasteiger partial charge >= 0.3 is 0 Å². The van der Waals surface area contributed by atoms with Gasteiger partial charge < -0.3 is 10.2 Å². The largest absolute Gasteiger partial charge is 0.316 e. The summed E-state index contributed by atoms with van der Waals surface area (Å²) in [6.45, 7) is 4.84. The van der Waals surface area contributed by atoms with Crippen molar-refractivity contribution in [3.05, 3.63) is 54.1 Å². The summed E-state index contributed by atoms with van der Waals surface area (Å²) >= 11 is 0. The van der Waals surface area contributed by atoms with Crippen LogP contribution in [0.1, 0.15) is 12.5 Å². The average Bonchev–Trinajstić information content (AvgIpc) is 2.96. The highest BCUT2D eigenvalue weighted by molar-refractivity contribution is 5.97. The molecule has 2 aromatic carbocycles. The smallest absolute Gasteiger partial charge is 0.230 e. The Morgan fingerprint density at radius 2 is 1.88 bits per heavy atom. The van der Waals surface area contributed by atoms with E-state index in [0.29, 0.717) is 5.92 Å². The lowest BCUT2D eigenvalue weighted by atomic mass is 9.88. The number of hydrogen-bond acceptors (Lipinski definition) is 2. The minimum Gasteiger partial charge on any atom is -0.316 e. The number of nitrogens with zero attached hydrogens (tertiary/aromatic N) is 1. The predicted molar refractivity (Wildman–Crippen MR) is 101 cm³/mol. The van der Waals surface area contributed by atoms with Crippen LogP contribution in [-0.2, 0) is 11.2 Å². The molecule has 0 saturated carbocycles. The Kier molecular flexibility index (Phi) is 4.93. The SMILES string of the molecule is CC(C(=O)N1CCc2cc(-c3ccccc3)ccc21)C1CNC1.Cl. The minimum absolute atomic E-state index is 0. The van der Waals surface area contributed by atoms with Crippen LogP contribution in [0, 0.1) is 11.8 Å². The van der Waals surface area contributed by atoms with Crippen LogP contribution < -0.4 is 10.2 Å². The van der Waals surface area contributed by atoms with E-state index in [1.54, 1.807) is 0 Å². The molecule has 1 saturated heterocycles. The number of amides is 1. The summed E-state index contributed by atoms with van der Waals surface area (Å²) in [7, 11) is 0. The van der Waals surface area contributed by atoms with Crippen LogP contribution in [0.4, 0.5) is 5.69 Å². The van der Waals surface area contributed by atoms with E-state index in [0.717, 1.165) is 31.7 Å². The predicted octanol–water partition coefficient (Wildman–Crippen LogP) is 3.52. The number of nitrogens with one attached hydrogen (secondary N) is 1. The number of hydrogen-bond donors (Lipinski definition) is 1. The van der Waals surface area contributed by atoms with E-state index in [2.05, 4.69) is 54.7 Å². The van der Waals surface area contributed by atoms with E-state index >= 15 is 0 Å². The molecule has 2 aliphatic heterocycles. The Labute approximate surface area is 149 Å². The molecule has 0 radical (unpaired) electrons. The first-order valence-electron chi connectivity index (χ1n) is 8.44. The third-order valence-electron chi connectivity index (χ3n) is 5.26. The monoisotopic (exact) mass is 342 g/mol. The van der Waals surface area contributed by atoms with Crippen molar-refractivity contribution < 1.29 is 4.79 Å². The van der Waals surface area contributed by atoms with Crippen molar-refractivity contribution in [3.63, 3.8) is 0 Å². The minimum atomic E-state index is 0. The summed E-state index contributed by atoms with van der Waals surface area (Å²) in [6, 6.07) is 16.9. The van der Waals surface area contributed by atoms with E-state index in [-0.39, 0.29) is 24.2 Å². The van der Waals surface area contributed by atoms with E-state index < -0.39 is 0 Å². The number of benzene rings is 2. The highest BCUT2D eigenvalue weighted by atomic mass is 35.5. The number of carbonyl (C=O) groups is 1. The third-order valence-corrected chi connectivity index (χ3v) is 5.26. The highest BCUT2D eigenvalue weighted by Gasteiger charge is 2.34.